The van der Waals surface area contributed by atoms with Crippen LogP contribution in [0.2, 0.25) is 0 Å². The first-order valence-electron chi connectivity index (χ1n) is 5.58. The molecule has 2 N–H and O–H groups in total. The normalized spacial score (nSPS) is 10.4. The number of hydrogen-bond donors (Lipinski definition) is 1. The number of carbonyl (C=O) groups excluding carboxylic acids is 1. The van der Waals surface area contributed by atoms with Crippen molar-refractivity contribution in [2.24, 2.45) is 5.73 Å². The van der Waals surface area contributed by atoms with Crippen molar-refractivity contribution in [3.05, 3.63) is 11.9 Å². The van der Waals surface area contributed by atoms with E-state index in [0.717, 1.165) is 18.8 Å². The summed E-state index contributed by atoms with van der Waals surface area (Å²) in [6.45, 7) is 6.16. The van der Waals surface area contributed by atoms with Crippen molar-refractivity contribution in [3.63, 3.8) is 0 Å². The summed E-state index contributed by atoms with van der Waals surface area (Å²) in [5.74, 6) is 0.0641. The van der Waals surface area contributed by atoms with E-state index >= 15 is 0 Å². The molecule has 1 heterocycles. The second kappa shape index (κ2) is 6.22. The Kier molecular flexibility index (Phi) is 4.91. The molecule has 0 saturated heterocycles. The van der Waals surface area contributed by atoms with Crippen molar-refractivity contribution in [2.45, 2.75) is 26.8 Å². The maximum absolute atomic E-state index is 11.8. The van der Waals surface area contributed by atoms with Crippen molar-refractivity contribution in [1.82, 2.24) is 19.9 Å². The lowest BCUT2D eigenvalue weighted by Crippen LogP contribution is -2.33. The van der Waals surface area contributed by atoms with Crippen molar-refractivity contribution < 1.29 is 4.79 Å². The van der Waals surface area contributed by atoms with Crippen molar-refractivity contribution in [1.29, 1.82) is 0 Å². The molecular weight excluding hydrogens is 206 g/mol. The Labute approximate surface area is 95.4 Å². The predicted octanol–water partition coefficient (Wildman–Crippen LogP) is -0.352. The third-order valence-corrected chi connectivity index (χ3v) is 2.40. The van der Waals surface area contributed by atoms with E-state index in [1.54, 1.807) is 15.8 Å². The summed E-state index contributed by atoms with van der Waals surface area (Å²) in [5, 5.41) is 7.82. The molecule has 1 rings (SSSR count). The SMILES string of the molecule is CCN(CC)C(=O)Cn1cc(CCN)nn1. The minimum atomic E-state index is 0.0641. The molecule has 1 aromatic rings. The van der Waals surface area contributed by atoms with Gasteiger partial charge in [0.2, 0.25) is 5.91 Å². The van der Waals surface area contributed by atoms with Crippen LogP contribution in [-0.2, 0) is 17.8 Å². The molecule has 0 unspecified atom stereocenters. The van der Waals surface area contributed by atoms with Gasteiger partial charge in [0.05, 0.1) is 5.69 Å². The molecule has 0 fully saturated rings. The highest BCUT2D eigenvalue weighted by atomic mass is 16.2. The van der Waals surface area contributed by atoms with Crippen LogP contribution in [-0.4, -0.2) is 45.4 Å². The van der Waals surface area contributed by atoms with Crippen LogP contribution in [0.5, 0.6) is 0 Å². The third kappa shape index (κ3) is 3.30. The fraction of sp³-hybridized carbons (Fsp3) is 0.700. The summed E-state index contributed by atoms with van der Waals surface area (Å²) in [5.41, 5.74) is 6.24. The lowest BCUT2D eigenvalue weighted by atomic mass is 10.3. The van der Waals surface area contributed by atoms with Gasteiger partial charge in [0.15, 0.2) is 0 Å². The van der Waals surface area contributed by atoms with Gasteiger partial charge in [-0.2, -0.15) is 0 Å². The Balaban J connectivity index is 2.55. The second-order valence-corrected chi connectivity index (χ2v) is 3.51. The number of rotatable bonds is 6. The largest absolute Gasteiger partial charge is 0.342 e. The van der Waals surface area contributed by atoms with E-state index in [1.165, 1.54) is 0 Å². The van der Waals surface area contributed by atoms with E-state index in [-0.39, 0.29) is 12.5 Å². The van der Waals surface area contributed by atoms with Gasteiger partial charge in [-0.25, -0.2) is 4.68 Å². The fourth-order valence-corrected chi connectivity index (χ4v) is 1.49. The number of likely N-dealkylation sites (N-methyl/N-ethyl adjacent to an activating group) is 1. The molecular formula is C10H19N5O. The quantitative estimate of drug-likeness (QED) is 0.717. The van der Waals surface area contributed by atoms with Gasteiger partial charge in [-0.3, -0.25) is 4.79 Å². The number of hydrogen-bond acceptors (Lipinski definition) is 4. The van der Waals surface area contributed by atoms with Crippen LogP contribution in [0.15, 0.2) is 6.20 Å². The summed E-state index contributed by atoms with van der Waals surface area (Å²) in [7, 11) is 0. The highest BCUT2D eigenvalue weighted by molar-refractivity contribution is 5.75. The zero-order valence-corrected chi connectivity index (χ0v) is 9.89. The van der Waals surface area contributed by atoms with E-state index < -0.39 is 0 Å². The van der Waals surface area contributed by atoms with Gasteiger partial charge in [0, 0.05) is 25.7 Å². The molecule has 0 aliphatic carbocycles. The standard InChI is InChI=1S/C10H19N5O/c1-3-14(4-2)10(16)8-15-7-9(5-6-11)12-13-15/h7H,3-6,8,11H2,1-2H3. The summed E-state index contributed by atoms with van der Waals surface area (Å²) in [4.78, 5) is 13.5. The molecule has 0 bridgehead atoms. The molecule has 0 atom stereocenters. The molecule has 6 nitrogen and oxygen atoms in total. The van der Waals surface area contributed by atoms with E-state index in [2.05, 4.69) is 10.3 Å². The van der Waals surface area contributed by atoms with Crippen molar-refractivity contribution >= 4 is 5.91 Å². The first-order chi connectivity index (χ1) is 7.71. The molecule has 0 spiro atoms. The van der Waals surface area contributed by atoms with Crippen LogP contribution in [0.25, 0.3) is 0 Å². The third-order valence-electron chi connectivity index (χ3n) is 2.40. The van der Waals surface area contributed by atoms with Gasteiger partial charge in [-0.15, -0.1) is 5.10 Å². The number of nitrogens with two attached hydrogens (primary N) is 1. The maximum atomic E-state index is 11.8. The molecule has 1 aromatic heterocycles. The summed E-state index contributed by atoms with van der Waals surface area (Å²) in [6, 6.07) is 0. The minimum absolute atomic E-state index is 0.0641. The number of aromatic nitrogens is 3. The lowest BCUT2D eigenvalue weighted by molar-refractivity contribution is -0.131. The lowest BCUT2D eigenvalue weighted by Gasteiger charge is -2.17. The Morgan fingerprint density at radius 2 is 2.19 bits per heavy atom. The zero-order chi connectivity index (χ0) is 12.0. The van der Waals surface area contributed by atoms with Gasteiger partial charge in [0.1, 0.15) is 6.54 Å². The molecule has 6 heteroatoms. The Hall–Kier alpha value is -1.43. The number of carbonyl (C=O) groups is 1. The Morgan fingerprint density at radius 1 is 1.50 bits per heavy atom. The predicted molar refractivity (Wildman–Crippen MR) is 60.7 cm³/mol. The van der Waals surface area contributed by atoms with Gasteiger partial charge < -0.3 is 10.6 Å². The van der Waals surface area contributed by atoms with Crippen LogP contribution in [0.1, 0.15) is 19.5 Å². The van der Waals surface area contributed by atoms with Crippen LogP contribution >= 0.6 is 0 Å². The van der Waals surface area contributed by atoms with Gasteiger partial charge in [0.25, 0.3) is 0 Å². The van der Waals surface area contributed by atoms with E-state index in [0.29, 0.717) is 13.0 Å². The smallest absolute Gasteiger partial charge is 0.244 e. The summed E-state index contributed by atoms with van der Waals surface area (Å²) >= 11 is 0. The molecule has 16 heavy (non-hydrogen) atoms. The van der Waals surface area contributed by atoms with Crippen LogP contribution < -0.4 is 5.73 Å². The first-order valence-corrected chi connectivity index (χ1v) is 5.58. The molecule has 0 radical (unpaired) electrons. The Morgan fingerprint density at radius 3 is 2.75 bits per heavy atom. The first kappa shape index (κ1) is 12.6. The summed E-state index contributed by atoms with van der Waals surface area (Å²) < 4.78 is 1.56. The monoisotopic (exact) mass is 225 g/mol. The van der Waals surface area contributed by atoms with Crippen LogP contribution in [0.3, 0.4) is 0 Å². The van der Waals surface area contributed by atoms with Gasteiger partial charge in [-0.1, -0.05) is 5.21 Å². The van der Waals surface area contributed by atoms with Crippen molar-refractivity contribution in [2.75, 3.05) is 19.6 Å². The fourth-order valence-electron chi connectivity index (χ4n) is 1.49. The molecule has 0 saturated carbocycles. The molecule has 1 amide bonds. The molecule has 0 aliphatic rings. The van der Waals surface area contributed by atoms with Gasteiger partial charge >= 0.3 is 0 Å². The average Bonchev–Trinajstić information content (AvgIpc) is 2.68. The molecule has 0 aliphatic heterocycles. The minimum Gasteiger partial charge on any atom is -0.342 e. The number of nitrogens with zero attached hydrogens (tertiary/aromatic N) is 4. The van der Waals surface area contributed by atoms with Crippen LogP contribution in [0.4, 0.5) is 0 Å². The van der Waals surface area contributed by atoms with E-state index in [9.17, 15) is 4.79 Å². The van der Waals surface area contributed by atoms with Crippen molar-refractivity contribution in [3.8, 4) is 0 Å². The second-order valence-electron chi connectivity index (χ2n) is 3.51. The maximum Gasteiger partial charge on any atom is 0.244 e. The van der Waals surface area contributed by atoms with E-state index in [4.69, 9.17) is 5.73 Å². The average molecular weight is 225 g/mol. The highest BCUT2D eigenvalue weighted by Crippen LogP contribution is 1.96. The molecule has 0 aromatic carbocycles. The van der Waals surface area contributed by atoms with Gasteiger partial charge in [-0.05, 0) is 20.4 Å². The Bertz CT molecular complexity index is 332. The molecule has 90 valence electrons. The van der Waals surface area contributed by atoms with Crippen LogP contribution in [0, 0.1) is 0 Å². The topological polar surface area (TPSA) is 77.0 Å². The zero-order valence-electron chi connectivity index (χ0n) is 9.89. The van der Waals surface area contributed by atoms with E-state index in [1.807, 2.05) is 13.8 Å². The summed E-state index contributed by atoms with van der Waals surface area (Å²) in [6.07, 6.45) is 2.47. The number of amides is 1. The highest BCUT2D eigenvalue weighted by Gasteiger charge is 2.11.